The molecule has 0 aliphatic carbocycles. The first-order valence-corrected chi connectivity index (χ1v) is 10.7. The van der Waals surface area contributed by atoms with Crippen LogP contribution in [0.4, 0.5) is 5.69 Å². The first-order valence-electron chi connectivity index (χ1n) is 9.44. The number of hydrogen-bond acceptors (Lipinski definition) is 5. The van der Waals surface area contributed by atoms with Crippen molar-refractivity contribution in [2.45, 2.75) is 46.0 Å². The second-order valence-electron chi connectivity index (χ2n) is 6.77. The Morgan fingerprint density at radius 1 is 1.11 bits per heavy atom. The van der Waals surface area contributed by atoms with Gasteiger partial charge in [0.2, 0.25) is 5.91 Å². The lowest BCUT2D eigenvalue weighted by molar-refractivity contribution is -0.132. The summed E-state index contributed by atoms with van der Waals surface area (Å²) in [4.78, 5) is 39.4. The summed E-state index contributed by atoms with van der Waals surface area (Å²) in [5.74, 6) is -1.04. The molecule has 0 bridgehead atoms. The molecular formula is C20H23N3O3S2. The minimum Gasteiger partial charge on any atom is -0.308 e. The van der Waals surface area contributed by atoms with Crippen LogP contribution in [0.3, 0.4) is 0 Å². The van der Waals surface area contributed by atoms with Crippen molar-refractivity contribution in [2.24, 2.45) is 0 Å². The van der Waals surface area contributed by atoms with Gasteiger partial charge in [-0.1, -0.05) is 62.6 Å². The zero-order valence-corrected chi connectivity index (χ0v) is 17.6. The monoisotopic (exact) mass is 417 g/mol. The van der Waals surface area contributed by atoms with Gasteiger partial charge < -0.3 is 4.90 Å². The number of para-hydroxylation sites is 1. The number of hydrogen-bond donors (Lipinski definition) is 1. The SMILES string of the molecule is CCCCCCCN1C(=O)C(=C2SC(=S)N(NC(C)=O)C2=O)c2ccccc21. The highest BCUT2D eigenvalue weighted by Crippen LogP contribution is 2.44. The van der Waals surface area contributed by atoms with Crippen molar-refractivity contribution >= 4 is 57.3 Å². The number of thioether (sulfide) groups is 1. The van der Waals surface area contributed by atoms with Crippen molar-refractivity contribution in [3.05, 3.63) is 34.7 Å². The van der Waals surface area contributed by atoms with Gasteiger partial charge in [0, 0.05) is 19.0 Å². The van der Waals surface area contributed by atoms with E-state index in [1.165, 1.54) is 19.8 Å². The quantitative estimate of drug-likeness (QED) is 0.417. The number of hydrazine groups is 1. The largest absolute Gasteiger partial charge is 0.308 e. The Kier molecular flexibility index (Phi) is 6.51. The molecule has 6 nitrogen and oxygen atoms in total. The molecule has 2 aliphatic heterocycles. The van der Waals surface area contributed by atoms with Crippen molar-refractivity contribution in [3.8, 4) is 0 Å². The van der Waals surface area contributed by atoms with E-state index in [4.69, 9.17) is 12.2 Å². The Morgan fingerprint density at radius 3 is 2.54 bits per heavy atom. The summed E-state index contributed by atoms with van der Waals surface area (Å²) in [7, 11) is 0. The second-order valence-corrected chi connectivity index (χ2v) is 8.41. The third-order valence-corrected chi connectivity index (χ3v) is 6.05. The van der Waals surface area contributed by atoms with Crippen molar-refractivity contribution in [1.29, 1.82) is 0 Å². The number of carbonyl (C=O) groups is 3. The number of amides is 3. The molecule has 8 heteroatoms. The van der Waals surface area contributed by atoms with E-state index in [-0.39, 0.29) is 15.1 Å². The Balaban J connectivity index is 1.89. The van der Waals surface area contributed by atoms with Crippen LogP contribution in [0.25, 0.3) is 5.57 Å². The lowest BCUT2D eigenvalue weighted by Gasteiger charge is -2.17. The molecule has 0 unspecified atom stereocenters. The lowest BCUT2D eigenvalue weighted by atomic mass is 10.1. The highest BCUT2D eigenvalue weighted by Gasteiger charge is 2.42. The molecule has 1 saturated heterocycles. The minimum absolute atomic E-state index is 0.181. The van der Waals surface area contributed by atoms with E-state index < -0.39 is 11.8 Å². The number of anilines is 1. The van der Waals surface area contributed by atoms with Gasteiger partial charge in [-0.05, 0) is 24.7 Å². The van der Waals surface area contributed by atoms with Crippen LogP contribution in [0, 0.1) is 0 Å². The van der Waals surface area contributed by atoms with Gasteiger partial charge in [0.05, 0.1) is 16.2 Å². The van der Waals surface area contributed by atoms with Crippen LogP contribution in [0.1, 0.15) is 51.5 Å². The third kappa shape index (κ3) is 3.98. The number of carbonyl (C=O) groups excluding carboxylic acids is 3. The topological polar surface area (TPSA) is 69.7 Å². The van der Waals surface area contributed by atoms with Crippen LogP contribution in [-0.4, -0.2) is 33.6 Å². The molecule has 0 saturated carbocycles. The smallest absolute Gasteiger partial charge is 0.286 e. The maximum atomic E-state index is 13.2. The Morgan fingerprint density at radius 2 is 1.82 bits per heavy atom. The van der Waals surface area contributed by atoms with E-state index in [2.05, 4.69) is 12.3 Å². The lowest BCUT2D eigenvalue weighted by Crippen LogP contribution is -2.43. The summed E-state index contributed by atoms with van der Waals surface area (Å²) in [5.41, 5.74) is 4.35. The number of fused-ring (bicyclic) bond motifs is 1. The second kappa shape index (κ2) is 8.87. The normalized spacial score (nSPS) is 18.9. The highest BCUT2D eigenvalue weighted by molar-refractivity contribution is 8.26. The first kappa shape index (κ1) is 20.5. The molecule has 3 amide bonds. The summed E-state index contributed by atoms with van der Waals surface area (Å²) in [6, 6.07) is 7.50. The Hall–Kier alpha value is -2.19. The molecule has 0 atom stereocenters. The summed E-state index contributed by atoms with van der Waals surface area (Å²) in [6.45, 7) is 4.10. The average Bonchev–Trinajstić information content (AvgIpc) is 3.09. The molecule has 1 aromatic carbocycles. The molecule has 0 aromatic heterocycles. The fourth-order valence-electron chi connectivity index (χ4n) is 3.37. The van der Waals surface area contributed by atoms with Crippen molar-refractivity contribution in [2.75, 3.05) is 11.4 Å². The third-order valence-electron chi connectivity index (χ3n) is 4.67. The molecule has 1 N–H and O–H groups in total. The van der Waals surface area contributed by atoms with E-state index in [0.717, 1.165) is 47.3 Å². The van der Waals surface area contributed by atoms with Gasteiger partial charge in [-0.25, -0.2) is 0 Å². The summed E-state index contributed by atoms with van der Waals surface area (Å²) < 4.78 is 0.214. The van der Waals surface area contributed by atoms with E-state index >= 15 is 0 Å². The fraction of sp³-hybridized carbons (Fsp3) is 0.400. The summed E-state index contributed by atoms with van der Waals surface area (Å²) in [5, 5.41) is 1.04. The van der Waals surface area contributed by atoms with Gasteiger partial charge in [0.25, 0.3) is 11.8 Å². The van der Waals surface area contributed by atoms with E-state index in [1.807, 2.05) is 24.3 Å². The standard InChI is InChI=1S/C20H23N3O3S2/c1-3-4-5-6-9-12-22-15-11-8-7-10-14(15)16(18(22)25)17-19(26)23(20(27)28-17)21-13(2)24/h7-8,10-11H,3-6,9,12H2,1-2H3,(H,21,24). The van der Waals surface area contributed by atoms with E-state index in [9.17, 15) is 14.4 Å². The molecule has 1 aromatic rings. The molecular weight excluding hydrogens is 394 g/mol. The zero-order chi connectivity index (χ0) is 20.3. The van der Waals surface area contributed by atoms with Crippen LogP contribution in [0.5, 0.6) is 0 Å². The maximum Gasteiger partial charge on any atom is 0.286 e. The first-order chi connectivity index (χ1) is 13.5. The van der Waals surface area contributed by atoms with Gasteiger partial charge in [-0.15, -0.1) is 0 Å². The van der Waals surface area contributed by atoms with Crippen LogP contribution in [-0.2, 0) is 14.4 Å². The Bertz CT molecular complexity index is 866. The molecule has 3 rings (SSSR count). The summed E-state index contributed by atoms with van der Waals surface area (Å²) >= 11 is 6.27. The van der Waals surface area contributed by atoms with Gasteiger partial charge in [0.1, 0.15) is 0 Å². The highest BCUT2D eigenvalue weighted by atomic mass is 32.2. The maximum absolute atomic E-state index is 13.2. The van der Waals surface area contributed by atoms with Gasteiger partial charge in [-0.3, -0.25) is 19.8 Å². The molecule has 1 fully saturated rings. The van der Waals surface area contributed by atoms with Crippen LogP contribution in [0.15, 0.2) is 29.2 Å². The minimum atomic E-state index is -0.465. The van der Waals surface area contributed by atoms with Gasteiger partial charge in [-0.2, -0.15) is 5.01 Å². The van der Waals surface area contributed by atoms with Gasteiger partial charge >= 0.3 is 0 Å². The van der Waals surface area contributed by atoms with Crippen molar-refractivity contribution in [1.82, 2.24) is 10.4 Å². The summed E-state index contributed by atoms with van der Waals surface area (Å²) in [6.07, 6.45) is 5.51. The van der Waals surface area contributed by atoms with Crippen molar-refractivity contribution in [3.63, 3.8) is 0 Å². The van der Waals surface area contributed by atoms with Crippen molar-refractivity contribution < 1.29 is 14.4 Å². The number of nitrogens with zero attached hydrogens (tertiary/aromatic N) is 2. The predicted molar refractivity (Wildman–Crippen MR) is 115 cm³/mol. The Labute approximate surface area is 174 Å². The molecule has 0 spiro atoms. The van der Waals surface area contributed by atoms with E-state index in [0.29, 0.717) is 12.1 Å². The molecule has 0 radical (unpaired) electrons. The number of thiocarbonyl (C=S) groups is 1. The molecule has 28 heavy (non-hydrogen) atoms. The van der Waals surface area contributed by atoms with Crippen LogP contribution < -0.4 is 10.3 Å². The number of benzene rings is 1. The molecule has 2 aliphatic rings. The average molecular weight is 418 g/mol. The number of rotatable bonds is 7. The predicted octanol–water partition coefficient (Wildman–Crippen LogP) is 3.63. The zero-order valence-electron chi connectivity index (χ0n) is 16.0. The van der Waals surface area contributed by atoms with E-state index in [1.54, 1.807) is 4.90 Å². The van der Waals surface area contributed by atoms with Crippen LogP contribution >= 0.6 is 24.0 Å². The fourth-order valence-corrected chi connectivity index (χ4v) is 4.62. The van der Waals surface area contributed by atoms with Gasteiger partial charge in [0.15, 0.2) is 4.32 Å². The molecule has 148 valence electrons. The molecule has 2 heterocycles. The number of nitrogens with one attached hydrogen (secondary N) is 1. The number of unbranched alkanes of at least 4 members (excludes halogenated alkanes) is 4. The van der Waals surface area contributed by atoms with Crippen LogP contribution in [0.2, 0.25) is 0 Å².